The van der Waals surface area contributed by atoms with Gasteiger partial charge in [-0.05, 0) is 143 Å². The first-order chi connectivity index (χ1) is 28.8. The molecule has 0 bridgehead atoms. The molecule has 0 saturated heterocycles. The Hall–Kier alpha value is -4.45. The van der Waals surface area contributed by atoms with Crippen molar-refractivity contribution in [3.05, 3.63) is 119 Å². The van der Waals surface area contributed by atoms with E-state index >= 15 is 0 Å². The molecule has 0 aromatic heterocycles. The van der Waals surface area contributed by atoms with Crippen LogP contribution in [-0.2, 0) is 70.6 Å². The number of carbonyl (C=O) groups is 4. The minimum atomic E-state index is -3.78. The van der Waals surface area contributed by atoms with E-state index in [1.807, 2.05) is 6.07 Å². The van der Waals surface area contributed by atoms with Crippen molar-refractivity contribution in [1.82, 2.24) is 0 Å². The van der Waals surface area contributed by atoms with Crippen LogP contribution in [0.15, 0.2) is 117 Å². The monoisotopic (exact) mass is 902 g/mol. The molecule has 1 unspecified atom stereocenters. The van der Waals surface area contributed by atoms with Crippen molar-refractivity contribution in [3.8, 4) is 0 Å². The molecular formula is C46H52ClLiO12S2. The Morgan fingerprint density at radius 1 is 0.548 bits per heavy atom. The number of aryl methyl sites for hydroxylation is 2. The molecule has 62 heavy (non-hydrogen) atoms. The Bertz CT molecular complexity index is 2350. The van der Waals surface area contributed by atoms with Crippen molar-refractivity contribution < 1.29 is 86.2 Å². The van der Waals surface area contributed by atoms with E-state index in [-0.39, 0.29) is 72.8 Å². The second-order valence-corrected chi connectivity index (χ2v) is 18.3. The van der Waals surface area contributed by atoms with Gasteiger partial charge in [0.05, 0.1) is 52.4 Å². The Kier molecular flexibility index (Phi) is 19.5. The predicted molar refractivity (Wildman–Crippen MR) is 222 cm³/mol. The van der Waals surface area contributed by atoms with Crippen LogP contribution in [0.4, 0.5) is 0 Å². The largest absolute Gasteiger partial charge is 1.00 e. The quantitative estimate of drug-likeness (QED) is 0.0775. The third kappa shape index (κ3) is 11.2. The zero-order valence-electron chi connectivity index (χ0n) is 35.8. The molecule has 2 atom stereocenters. The summed E-state index contributed by atoms with van der Waals surface area (Å²) in [6.45, 7) is 6.77. The van der Waals surface area contributed by atoms with Crippen LogP contribution in [0.5, 0.6) is 0 Å². The van der Waals surface area contributed by atoms with Gasteiger partial charge in [-0.15, -0.1) is 0 Å². The Labute approximate surface area is 382 Å². The zero-order valence-corrected chi connectivity index (χ0v) is 38.2. The summed E-state index contributed by atoms with van der Waals surface area (Å²) in [7, 11) is -7.29. The van der Waals surface area contributed by atoms with E-state index in [4.69, 9.17) is 18.9 Å². The Balaban J connectivity index is 0.000000336. The summed E-state index contributed by atoms with van der Waals surface area (Å²) < 4.78 is 72.6. The summed E-state index contributed by atoms with van der Waals surface area (Å²) in [5.41, 5.74) is 0.915. The van der Waals surface area contributed by atoms with Crippen LogP contribution in [0.2, 0.25) is 0 Å². The summed E-state index contributed by atoms with van der Waals surface area (Å²) in [6.07, 6.45) is 4.43. The third-order valence-electron chi connectivity index (χ3n) is 10.7. The molecule has 6 rings (SSSR count). The van der Waals surface area contributed by atoms with Crippen LogP contribution in [-0.4, -0.2) is 67.1 Å². The van der Waals surface area contributed by atoms with Gasteiger partial charge in [0.1, 0.15) is 0 Å². The van der Waals surface area contributed by atoms with Gasteiger partial charge in [-0.25, -0.2) is 16.8 Å². The topological polar surface area (TPSA) is 173 Å². The summed E-state index contributed by atoms with van der Waals surface area (Å²) >= 11 is 0. The third-order valence-corrected chi connectivity index (χ3v) is 14.3. The zero-order chi connectivity index (χ0) is 43.5. The second-order valence-electron chi connectivity index (χ2n) is 14.4. The van der Waals surface area contributed by atoms with Crippen LogP contribution < -0.4 is 31.3 Å². The molecule has 12 nitrogen and oxygen atoms in total. The molecule has 2 aliphatic rings. The van der Waals surface area contributed by atoms with Gasteiger partial charge in [-0.1, -0.05) is 48.5 Å². The smallest absolute Gasteiger partial charge is 1.00 e. The molecule has 328 valence electrons. The molecule has 4 aromatic rings. The molecular weight excluding hydrogens is 851 g/mol. The van der Waals surface area contributed by atoms with Gasteiger partial charge in [-0.2, -0.15) is 0 Å². The number of benzene rings is 4. The molecule has 0 amide bonds. The van der Waals surface area contributed by atoms with Crippen molar-refractivity contribution in [2.24, 2.45) is 5.41 Å². The van der Waals surface area contributed by atoms with Gasteiger partial charge < -0.3 is 31.4 Å². The summed E-state index contributed by atoms with van der Waals surface area (Å²) in [5, 5.41) is 0. The fourth-order valence-electron chi connectivity index (χ4n) is 7.98. The first-order valence-corrected chi connectivity index (χ1v) is 23.3. The minimum Gasteiger partial charge on any atom is -1.00 e. The maximum absolute atomic E-state index is 13.3. The predicted octanol–water partition coefficient (Wildman–Crippen LogP) is 1.52. The fourth-order valence-corrected chi connectivity index (χ4v) is 10.6. The maximum Gasteiger partial charge on any atom is 1.00 e. The molecule has 0 spiro atoms. The standard InChI is InChI=1S/C26H30O8S.C20H22O4S.ClH.Li/c1-4-32-23(27)26(24(28)33-5-2,25(29)34-6-3)22-14-10-11-18-17-20(15-16-21(18)22)35(30,31)19-12-8-7-9-13-19;1-2-24-20(21)14-16-8-6-7-15-13-18(11-12-19(15)16)25(22,23)17-9-4-3-5-10-17;;/h7-9,12-13,15-17,22H,4-6,10-11,14H2,1-3H3;3-5,9-13,16H,2,6-8,14H2,1H3;1H;/q;;;+1/p-1/t;16-;;/m.0../s1. The van der Waals surface area contributed by atoms with Crippen LogP contribution in [0.1, 0.15) is 93.9 Å². The van der Waals surface area contributed by atoms with Gasteiger partial charge in [0, 0.05) is 5.92 Å². The normalized spacial score (nSPS) is 15.6. The van der Waals surface area contributed by atoms with Gasteiger partial charge >= 0.3 is 42.7 Å². The molecule has 0 heterocycles. The second kappa shape index (κ2) is 23.3. The molecule has 0 aliphatic heterocycles. The number of halogens is 1. The van der Waals surface area contributed by atoms with Crippen molar-refractivity contribution >= 4 is 43.6 Å². The van der Waals surface area contributed by atoms with Gasteiger partial charge in [-0.3, -0.25) is 19.2 Å². The fraction of sp³-hybridized carbons (Fsp3) is 0.391. The van der Waals surface area contributed by atoms with Crippen LogP contribution in [0.3, 0.4) is 0 Å². The number of carbonyl (C=O) groups excluding carboxylic acids is 4. The average Bonchev–Trinajstić information content (AvgIpc) is 3.25. The van der Waals surface area contributed by atoms with Gasteiger partial charge in [0.25, 0.3) is 5.41 Å². The van der Waals surface area contributed by atoms with E-state index in [1.54, 1.807) is 100 Å². The van der Waals surface area contributed by atoms with Crippen LogP contribution >= 0.6 is 0 Å². The van der Waals surface area contributed by atoms with Crippen molar-refractivity contribution in [2.45, 2.75) is 104 Å². The summed E-state index contributed by atoms with van der Waals surface area (Å²) in [6, 6.07) is 26.4. The van der Waals surface area contributed by atoms with E-state index in [2.05, 4.69) is 0 Å². The molecule has 0 radical (unpaired) electrons. The molecule has 16 heteroatoms. The van der Waals surface area contributed by atoms with Crippen molar-refractivity contribution in [3.63, 3.8) is 0 Å². The van der Waals surface area contributed by atoms with Gasteiger partial charge in [0.2, 0.25) is 19.7 Å². The van der Waals surface area contributed by atoms with E-state index < -0.39 is 48.9 Å². The van der Waals surface area contributed by atoms with E-state index in [1.165, 1.54) is 18.2 Å². The first kappa shape index (κ1) is 51.9. The number of rotatable bonds is 14. The van der Waals surface area contributed by atoms with Crippen molar-refractivity contribution in [1.29, 1.82) is 0 Å². The first-order valence-electron chi connectivity index (χ1n) is 20.3. The SMILES string of the molecule is CCOC(=O)C(C(=O)OCC)(C(=O)OCC)C1CCCc2cc(S(=O)(=O)c3ccccc3)ccc21.CCOC(=O)C[C@@H]1CCCc2cc(S(=O)(=O)c3ccccc3)ccc21.[Cl-].[Li+]. The Morgan fingerprint density at radius 3 is 1.39 bits per heavy atom. The number of ether oxygens (including phenoxy) is 4. The molecule has 0 saturated carbocycles. The van der Waals surface area contributed by atoms with Crippen LogP contribution in [0, 0.1) is 5.41 Å². The molecule has 4 aromatic carbocycles. The number of esters is 4. The summed E-state index contributed by atoms with van der Waals surface area (Å²) in [5.74, 6) is -4.11. The van der Waals surface area contributed by atoms with E-state index in [9.17, 15) is 36.0 Å². The average molecular weight is 903 g/mol. The molecule has 0 N–H and O–H groups in total. The minimum absolute atomic E-state index is 0. The number of fused-ring (bicyclic) bond motifs is 2. The summed E-state index contributed by atoms with van der Waals surface area (Å²) in [4.78, 5) is 52.6. The van der Waals surface area contributed by atoms with E-state index in [0.717, 1.165) is 30.4 Å². The van der Waals surface area contributed by atoms with Crippen molar-refractivity contribution in [2.75, 3.05) is 26.4 Å². The van der Waals surface area contributed by atoms with E-state index in [0.29, 0.717) is 53.2 Å². The molecule has 0 fully saturated rings. The molecule has 2 aliphatic carbocycles. The maximum atomic E-state index is 13.3. The number of sulfone groups is 2. The van der Waals surface area contributed by atoms with Crippen LogP contribution in [0.25, 0.3) is 0 Å². The number of hydrogen-bond acceptors (Lipinski definition) is 12. The van der Waals surface area contributed by atoms with Gasteiger partial charge in [0.15, 0.2) is 0 Å². The number of hydrogen-bond donors (Lipinski definition) is 0. The Morgan fingerprint density at radius 2 is 0.952 bits per heavy atom.